The zero-order chi connectivity index (χ0) is 20.1. The van der Waals surface area contributed by atoms with Gasteiger partial charge in [0.1, 0.15) is 23.8 Å². The van der Waals surface area contributed by atoms with Gasteiger partial charge in [-0.15, -0.1) is 0 Å². The lowest BCUT2D eigenvalue weighted by atomic mass is 9.92. The summed E-state index contributed by atoms with van der Waals surface area (Å²) in [5.41, 5.74) is 0.523. The largest absolute Gasteiger partial charge is 0.367 e. The van der Waals surface area contributed by atoms with Gasteiger partial charge in [-0.1, -0.05) is 18.2 Å². The fourth-order valence-electron chi connectivity index (χ4n) is 3.75. The van der Waals surface area contributed by atoms with Crippen LogP contribution in [0.15, 0.2) is 36.7 Å². The minimum Gasteiger partial charge on any atom is -0.367 e. The van der Waals surface area contributed by atoms with Gasteiger partial charge in [-0.2, -0.15) is 0 Å². The molecule has 0 spiro atoms. The van der Waals surface area contributed by atoms with Gasteiger partial charge >= 0.3 is 0 Å². The first-order chi connectivity index (χ1) is 14.2. The Bertz CT molecular complexity index is 833. The smallest absolute Gasteiger partial charge is 0.220 e. The van der Waals surface area contributed by atoms with Gasteiger partial charge in [0.05, 0.1) is 0 Å². The lowest BCUT2D eigenvalue weighted by Gasteiger charge is -2.32. The number of piperidine rings is 1. The molecule has 6 nitrogen and oxygen atoms in total. The maximum atomic E-state index is 13.6. The molecule has 2 N–H and O–H groups in total. The van der Waals surface area contributed by atoms with Crippen molar-refractivity contribution < 1.29 is 9.18 Å². The first kappa shape index (κ1) is 19.6. The van der Waals surface area contributed by atoms with E-state index >= 15 is 0 Å². The number of aromatic nitrogens is 2. The van der Waals surface area contributed by atoms with Gasteiger partial charge in [-0.05, 0) is 44.1 Å². The van der Waals surface area contributed by atoms with Crippen LogP contribution in [0.2, 0.25) is 0 Å². The lowest BCUT2D eigenvalue weighted by molar-refractivity contribution is -0.121. The van der Waals surface area contributed by atoms with E-state index in [0.29, 0.717) is 23.9 Å². The summed E-state index contributed by atoms with van der Waals surface area (Å²) in [6, 6.07) is 9.16. The molecule has 1 aromatic heterocycles. The van der Waals surface area contributed by atoms with Crippen LogP contribution < -0.4 is 15.5 Å². The third-order valence-corrected chi connectivity index (χ3v) is 5.73. The van der Waals surface area contributed by atoms with Crippen molar-refractivity contribution in [2.75, 3.05) is 23.3 Å². The minimum atomic E-state index is -0.277. The molecule has 1 saturated carbocycles. The molecule has 1 saturated heterocycles. The predicted octanol–water partition coefficient (Wildman–Crippen LogP) is 3.50. The van der Waals surface area contributed by atoms with Crippen molar-refractivity contribution in [2.24, 2.45) is 5.92 Å². The van der Waals surface area contributed by atoms with Crippen molar-refractivity contribution in [1.82, 2.24) is 15.3 Å². The second-order valence-corrected chi connectivity index (χ2v) is 8.02. The van der Waals surface area contributed by atoms with Gasteiger partial charge in [0.2, 0.25) is 5.91 Å². The second-order valence-electron chi connectivity index (χ2n) is 8.02. The summed E-state index contributed by atoms with van der Waals surface area (Å²) < 4.78 is 13.6. The van der Waals surface area contributed by atoms with Crippen LogP contribution in [0.3, 0.4) is 0 Å². The van der Waals surface area contributed by atoms with E-state index in [-0.39, 0.29) is 18.3 Å². The molecule has 0 atom stereocenters. The van der Waals surface area contributed by atoms with Crippen molar-refractivity contribution in [3.05, 3.63) is 48.0 Å². The SMILES string of the molecule is O=C(CCC1CCN(c2cc(NC3CC3)ncn2)CC1)NCc1ccccc1F. The van der Waals surface area contributed by atoms with E-state index in [4.69, 9.17) is 0 Å². The molecule has 2 heterocycles. The summed E-state index contributed by atoms with van der Waals surface area (Å²) in [7, 11) is 0. The Morgan fingerprint density at radius 2 is 1.93 bits per heavy atom. The standard InChI is InChI=1S/C22H28FN5O/c23-19-4-2-1-3-17(19)14-24-22(29)8-5-16-9-11-28(12-10-16)21-13-20(25-15-26-21)27-18-6-7-18/h1-4,13,15-16,18H,5-12,14H2,(H,24,29)(H,25,26,27). The first-order valence-electron chi connectivity index (χ1n) is 10.5. The molecule has 0 radical (unpaired) electrons. The summed E-state index contributed by atoms with van der Waals surface area (Å²) in [5, 5.41) is 6.25. The van der Waals surface area contributed by atoms with Crippen LogP contribution in [-0.2, 0) is 11.3 Å². The van der Waals surface area contributed by atoms with Crippen LogP contribution in [-0.4, -0.2) is 35.0 Å². The molecular weight excluding hydrogens is 369 g/mol. The van der Waals surface area contributed by atoms with Gasteiger partial charge in [0, 0.05) is 43.7 Å². The van der Waals surface area contributed by atoms with E-state index in [1.165, 1.54) is 18.9 Å². The zero-order valence-electron chi connectivity index (χ0n) is 16.6. The monoisotopic (exact) mass is 397 g/mol. The number of amides is 1. The summed E-state index contributed by atoms with van der Waals surface area (Å²) in [4.78, 5) is 23.2. The number of carbonyl (C=O) groups is 1. The number of rotatable bonds is 8. The predicted molar refractivity (Wildman–Crippen MR) is 111 cm³/mol. The van der Waals surface area contributed by atoms with E-state index < -0.39 is 0 Å². The van der Waals surface area contributed by atoms with Crippen molar-refractivity contribution in [3.63, 3.8) is 0 Å². The summed E-state index contributed by atoms with van der Waals surface area (Å²) >= 11 is 0. The molecule has 2 aliphatic rings. The molecule has 0 bridgehead atoms. The zero-order valence-corrected chi connectivity index (χ0v) is 16.6. The van der Waals surface area contributed by atoms with Gasteiger partial charge in [0.15, 0.2) is 0 Å². The molecule has 2 aromatic rings. The molecule has 1 aliphatic carbocycles. The molecule has 4 rings (SSSR count). The highest BCUT2D eigenvalue weighted by atomic mass is 19.1. The Morgan fingerprint density at radius 3 is 2.69 bits per heavy atom. The van der Waals surface area contributed by atoms with Gasteiger partial charge in [0.25, 0.3) is 0 Å². The maximum absolute atomic E-state index is 13.6. The van der Waals surface area contributed by atoms with Crippen LogP contribution in [0.5, 0.6) is 0 Å². The van der Waals surface area contributed by atoms with Gasteiger partial charge in [-0.3, -0.25) is 4.79 Å². The third kappa shape index (κ3) is 5.65. The molecule has 7 heteroatoms. The topological polar surface area (TPSA) is 70.2 Å². The highest BCUT2D eigenvalue weighted by Gasteiger charge is 2.23. The van der Waals surface area contributed by atoms with E-state index in [0.717, 1.165) is 44.0 Å². The van der Waals surface area contributed by atoms with Gasteiger partial charge in [-0.25, -0.2) is 14.4 Å². The van der Waals surface area contributed by atoms with Crippen LogP contribution >= 0.6 is 0 Å². The van der Waals surface area contributed by atoms with E-state index in [2.05, 4.69) is 25.5 Å². The lowest BCUT2D eigenvalue weighted by Crippen LogP contribution is -2.34. The number of hydrogen-bond donors (Lipinski definition) is 2. The highest BCUT2D eigenvalue weighted by molar-refractivity contribution is 5.75. The number of anilines is 2. The summed E-state index contributed by atoms with van der Waals surface area (Å²) in [6.07, 6.45) is 7.53. The molecule has 29 heavy (non-hydrogen) atoms. The third-order valence-electron chi connectivity index (χ3n) is 5.73. The molecule has 1 amide bonds. The quantitative estimate of drug-likeness (QED) is 0.713. The first-order valence-corrected chi connectivity index (χ1v) is 10.5. The Balaban J connectivity index is 1.18. The minimum absolute atomic E-state index is 0.0118. The molecular formula is C22H28FN5O. The van der Waals surface area contributed by atoms with E-state index in [1.807, 2.05) is 6.07 Å². The van der Waals surface area contributed by atoms with Crippen LogP contribution in [0.1, 0.15) is 44.1 Å². The Kier molecular flexibility index (Phi) is 6.22. The van der Waals surface area contributed by atoms with Gasteiger partial charge < -0.3 is 15.5 Å². The van der Waals surface area contributed by atoms with Crippen molar-refractivity contribution in [3.8, 4) is 0 Å². The average molecular weight is 397 g/mol. The average Bonchev–Trinajstić information content (AvgIpc) is 3.56. The molecule has 154 valence electrons. The number of carbonyl (C=O) groups excluding carboxylic acids is 1. The maximum Gasteiger partial charge on any atom is 0.220 e. The Labute approximate surface area is 170 Å². The number of halogens is 1. The Hall–Kier alpha value is -2.70. The normalized spacial score (nSPS) is 17.2. The van der Waals surface area contributed by atoms with Crippen molar-refractivity contribution in [1.29, 1.82) is 0 Å². The Morgan fingerprint density at radius 1 is 1.14 bits per heavy atom. The molecule has 0 unspecified atom stereocenters. The second kappa shape index (κ2) is 9.20. The highest BCUT2D eigenvalue weighted by Crippen LogP contribution is 2.28. The van der Waals surface area contributed by atoms with Crippen molar-refractivity contribution >= 4 is 17.5 Å². The van der Waals surface area contributed by atoms with Crippen molar-refractivity contribution in [2.45, 2.75) is 51.1 Å². The van der Waals surface area contributed by atoms with E-state index in [9.17, 15) is 9.18 Å². The van der Waals surface area contributed by atoms with Crippen LogP contribution in [0, 0.1) is 11.7 Å². The number of nitrogens with zero attached hydrogens (tertiary/aromatic N) is 3. The van der Waals surface area contributed by atoms with Crippen LogP contribution in [0.4, 0.5) is 16.0 Å². The fourth-order valence-corrected chi connectivity index (χ4v) is 3.75. The van der Waals surface area contributed by atoms with E-state index in [1.54, 1.807) is 24.5 Å². The summed E-state index contributed by atoms with van der Waals surface area (Å²) in [5.74, 6) is 2.13. The number of nitrogens with one attached hydrogen (secondary N) is 2. The number of hydrogen-bond acceptors (Lipinski definition) is 5. The fraction of sp³-hybridized carbons (Fsp3) is 0.500. The molecule has 2 fully saturated rings. The summed E-state index contributed by atoms with van der Waals surface area (Å²) in [6.45, 7) is 2.14. The van der Waals surface area contributed by atoms with Crippen LogP contribution in [0.25, 0.3) is 0 Å². The molecule has 1 aliphatic heterocycles. The molecule has 1 aromatic carbocycles. The number of benzene rings is 1.